The van der Waals surface area contributed by atoms with Gasteiger partial charge in [-0.1, -0.05) is 185 Å². The number of para-hydroxylation sites is 2. The predicted molar refractivity (Wildman–Crippen MR) is 290 cm³/mol. The molecule has 0 unspecified atom stereocenters. The van der Waals surface area contributed by atoms with Crippen molar-refractivity contribution in [2.24, 2.45) is 11.8 Å². The number of amides is 1. The van der Waals surface area contributed by atoms with E-state index in [0.29, 0.717) is 56.1 Å². The van der Waals surface area contributed by atoms with Crippen LogP contribution in [0.15, 0.2) is 175 Å². The number of benzene rings is 6. The Labute approximate surface area is 445 Å². The van der Waals surface area contributed by atoms with Crippen molar-refractivity contribution in [1.29, 1.82) is 0 Å². The first-order valence-electron chi connectivity index (χ1n) is 24.3. The van der Waals surface area contributed by atoms with Gasteiger partial charge in [-0.05, 0) is 53.1 Å². The molecule has 0 radical (unpaired) electrons. The molecule has 0 aliphatic carbocycles. The van der Waals surface area contributed by atoms with Gasteiger partial charge in [0, 0.05) is 50.0 Å². The molecule has 0 fully saturated rings. The van der Waals surface area contributed by atoms with E-state index in [1.165, 1.54) is 11.1 Å². The molecule has 9 aromatic rings. The van der Waals surface area contributed by atoms with Crippen molar-refractivity contribution in [1.82, 2.24) is 19.5 Å². The molecule has 3 aromatic heterocycles. The minimum Gasteiger partial charge on any atom is -0.857 e. The number of pyridine rings is 2. The molecule has 6 aromatic carbocycles. The zero-order valence-corrected chi connectivity index (χ0v) is 44.6. The van der Waals surface area contributed by atoms with E-state index in [2.05, 4.69) is 132 Å². The van der Waals surface area contributed by atoms with Gasteiger partial charge in [0.25, 0.3) is 0 Å². The van der Waals surface area contributed by atoms with Gasteiger partial charge in [0.1, 0.15) is 11.2 Å². The zero-order valence-electron chi connectivity index (χ0n) is 42.6. The van der Waals surface area contributed by atoms with Crippen LogP contribution >= 0.6 is 0 Å². The van der Waals surface area contributed by atoms with E-state index in [9.17, 15) is 9.59 Å². The fourth-order valence-corrected chi connectivity index (χ4v) is 8.55. The average molecular weight is 973 g/mol. The molecule has 9 rings (SSSR count). The van der Waals surface area contributed by atoms with Crippen molar-refractivity contribution in [3.05, 3.63) is 203 Å². The maximum absolute atomic E-state index is 13.1. The minimum absolute atomic E-state index is 0. The summed E-state index contributed by atoms with van der Waals surface area (Å²) in [6.45, 7) is 14.7. The van der Waals surface area contributed by atoms with E-state index < -0.39 is 6.09 Å². The van der Waals surface area contributed by atoms with Crippen molar-refractivity contribution in [2.75, 3.05) is 40.7 Å². The number of fused-ring (bicyclic) bond motifs is 4. The second-order valence-corrected chi connectivity index (χ2v) is 18.1. The number of rotatable bonds is 17. The number of carbonyl (C=O) groups is 1. The van der Waals surface area contributed by atoms with Crippen LogP contribution in [0.1, 0.15) is 56.9 Å². The van der Waals surface area contributed by atoms with Crippen molar-refractivity contribution in [3.8, 4) is 0 Å². The van der Waals surface area contributed by atoms with Gasteiger partial charge >= 0.3 is 41.3 Å². The van der Waals surface area contributed by atoms with Crippen molar-refractivity contribution in [3.63, 3.8) is 0 Å². The van der Waals surface area contributed by atoms with Crippen molar-refractivity contribution < 1.29 is 44.2 Å². The van der Waals surface area contributed by atoms with E-state index in [1.807, 2.05) is 95.6 Å². The number of hydrogen-bond donors (Lipinski definition) is 3. The number of aromatic amines is 1. The Hall–Kier alpha value is -6.96. The first kappa shape index (κ1) is 54.4. The third-order valence-electron chi connectivity index (χ3n) is 11.7. The molecule has 3 N–H and O–H groups in total. The second kappa shape index (κ2) is 27.0. The maximum Gasteiger partial charge on any atom is 1.00 e. The van der Waals surface area contributed by atoms with Crippen LogP contribution < -0.4 is 60.8 Å². The van der Waals surface area contributed by atoms with Gasteiger partial charge in [0.15, 0.2) is 11.6 Å². The number of H-pyrrole nitrogens is 1. The van der Waals surface area contributed by atoms with Crippen LogP contribution in [0.25, 0.3) is 32.8 Å². The van der Waals surface area contributed by atoms with E-state index in [4.69, 9.17) is 19.8 Å². The third kappa shape index (κ3) is 14.1. The van der Waals surface area contributed by atoms with E-state index in [0.717, 1.165) is 69.1 Å². The quantitative estimate of drug-likeness (QED) is 0.0764. The molecular formula is C59H65N8NaO4. The molecule has 0 saturated heterocycles. The summed E-state index contributed by atoms with van der Waals surface area (Å²) in [4.78, 5) is 43.6. The normalized spacial score (nSPS) is 10.8. The fraction of sp³-hybridized carbons (Fsp3) is 0.254. The fourth-order valence-electron chi connectivity index (χ4n) is 8.55. The number of anilines is 4. The van der Waals surface area contributed by atoms with Crippen LogP contribution in [0, 0.1) is 11.8 Å². The molecular weight excluding hydrogens is 908 g/mol. The van der Waals surface area contributed by atoms with Crippen LogP contribution in [-0.4, -0.2) is 45.9 Å². The van der Waals surface area contributed by atoms with E-state index >= 15 is 0 Å². The standard InChI is InChI=1S/C30H34N4O2.C28H28N4O.CH3O.Na/c1-4-36-30(35)33-28-27(31-19-22(2)3)25-17-11-12-18-26(25)32-29(28)34(20-23-13-7-5-8-14-23)21-24-15-9-6-10-16-24;1-20(2)17-32-26-23-15-9-10-16-24(23)29-27(25(26)30-28(32)33)31(18-21-11-5-3-6-12-21)19-22-13-7-4-8-14-22;1-2;/h5-18,22H,4,19-21H2,1-3H3,(H,31,32)(H,33,35);3-16,20H,17-19H2,1-2H3,(H,30,33);1H3;/q;;-1;+1. The first-order valence-corrected chi connectivity index (χ1v) is 24.3. The summed E-state index contributed by atoms with van der Waals surface area (Å²) in [6.07, 6.45) is -0.497. The molecule has 3 heterocycles. The Morgan fingerprint density at radius 3 is 1.47 bits per heavy atom. The number of ether oxygens (including phenoxy) is 1. The summed E-state index contributed by atoms with van der Waals surface area (Å²) in [5, 5.41) is 16.8. The van der Waals surface area contributed by atoms with Crippen LogP contribution in [0.3, 0.4) is 0 Å². The Balaban J connectivity index is 0.000000225. The predicted octanol–water partition coefficient (Wildman–Crippen LogP) is 8.80. The molecule has 0 spiro atoms. The molecule has 0 atom stereocenters. The van der Waals surface area contributed by atoms with Crippen LogP contribution in [0.5, 0.6) is 0 Å². The summed E-state index contributed by atoms with van der Waals surface area (Å²) < 4.78 is 7.16. The Morgan fingerprint density at radius 1 is 0.597 bits per heavy atom. The molecule has 12 nitrogen and oxygen atoms in total. The number of hydrogen-bond acceptors (Lipinski definition) is 9. The minimum atomic E-state index is -0.497. The van der Waals surface area contributed by atoms with Crippen molar-refractivity contribution >= 4 is 61.9 Å². The molecule has 0 aliphatic heterocycles. The molecule has 72 heavy (non-hydrogen) atoms. The van der Waals surface area contributed by atoms with Crippen LogP contribution in [0.2, 0.25) is 0 Å². The largest absolute Gasteiger partial charge is 1.00 e. The van der Waals surface area contributed by atoms with E-state index in [-0.39, 0.29) is 41.9 Å². The van der Waals surface area contributed by atoms with E-state index in [1.54, 1.807) is 6.92 Å². The smallest absolute Gasteiger partial charge is 0.857 e. The molecule has 1 amide bonds. The monoisotopic (exact) mass is 973 g/mol. The van der Waals surface area contributed by atoms with Crippen LogP contribution in [0.4, 0.5) is 27.8 Å². The van der Waals surface area contributed by atoms with Gasteiger partial charge in [-0.3, -0.25) is 9.88 Å². The first-order chi connectivity index (χ1) is 34.6. The number of nitrogens with one attached hydrogen (secondary N) is 3. The number of nitrogens with zero attached hydrogens (tertiary/aromatic N) is 5. The topological polar surface area (TPSA) is 143 Å². The second-order valence-electron chi connectivity index (χ2n) is 18.1. The summed E-state index contributed by atoms with van der Waals surface area (Å²) in [6, 6.07) is 57.5. The molecule has 0 bridgehead atoms. The maximum atomic E-state index is 13.1. The number of aromatic nitrogens is 4. The molecule has 0 aliphatic rings. The average Bonchev–Trinajstić information content (AvgIpc) is 3.71. The SMILES string of the molecule is CC(C)Cn1c(=O)[nH]c2c(N(Cc3ccccc3)Cc3ccccc3)nc3ccccc3c21.CCOC(=O)Nc1c(N(Cc2ccccc2)Cc2ccccc2)nc2ccccc2c1NCC(C)C.C[O-].[Na+]. The van der Waals surface area contributed by atoms with Gasteiger partial charge in [-0.25, -0.2) is 19.6 Å². The van der Waals surface area contributed by atoms with Crippen molar-refractivity contribution in [2.45, 2.75) is 67.3 Å². The summed E-state index contributed by atoms with van der Waals surface area (Å²) in [5.74, 6) is 2.26. The third-order valence-corrected chi connectivity index (χ3v) is 11.7. The number of carbonyl (C=O) groups excluding carboxylic acids is 1. The summed E-state index contributed by atoms with van der Waals surface area (Å²) in [7, 11) is 0.750. The number of imidazole rings is 1. The van der Waals surface area contributed by atoms with Gasteiger partial charge in [-0.15, -0.1) is 0 Å². The van der Waals surface area contributed by atoms with Gasteiger partial charge < -0.3 is 29.9 Å². The molecule has 0 saturated carbocycles. The van der Waals surface area contributed by atoms with Gasteiger partial charge in [0.2, 0.25) is 0 Å². The van der Waals surface area contributed by atoms with Gasteiger partial charge in [-0.2, -0.15) is 7.11 Å². The summed E-state index contributed by atoms with van der Waals surface area (Å²) >= 11 is 0. The molecule has 13 heteroatoms. The molecule has 366 valence electrons. The zero-order chi connectivity index (χ0) is 50.1. The Bertz CT molecular complexity index is 3070. The van der Waals surface area contributed by atoms with Crippen LogP contribution in [-0.2, 0) is 37.5 Å². The Morgan fingerprint density at radius 2 is 1.01 bits per heavy atom. The van der Waals surface area contributed by atoms with Gasteiger partial charge in [0.05, 0.1) is 28.8 Å². The Kier molecular flexibility index (Phi) is 20.4. The summed E-state index contributed by atoms with van der Waals surface area (Å²) in [5.41, 5.74) is 9.57.